The van der Waals surface area contributed by atoms with Gasteiger partial charge < -0.3 is 20.7 Å². The summed E-state index contributed by atoms with van der Waals surface area (Å²) < 4.78 is 45.7. The molecule has 32 heavy (non-hydrogen) atoms. The van der Waals surface area contributed by atoms with Crippen molar-refractivity contribution in [2.45, 2.75) is 12.7 Å². The van der Waals surface area contributed by atoms with Gasteiger partial charge in [0, 0.05) is 17.8 Å². The van der Waals surface area contributed by atoms with Gasteiger partial charge in [-0.1, -0.05) is 30.3 Å². The normalized spacial score (nSPS) is 10.9. The number of nitrogens with one attached hydrogen (secondary N) is 3. The van der Waals surface area contributed by atoms with Gasteiger partial charge in [-0.15, -0.1) is 0 Å². The minimum absolute atomic E-state index is 0.0460. The van der Waals surface area contributed by atoms with Gasteiger partial charge in [0.25, 0.3) is 5.91 Å². The molecule has 3 aromatic rings. The standard InChI is InChI=1S/C23H20F3N3O3/c1-32-18-10-7-15(8-11-18)14-27-22(31)29-20-12-9-17(13-19(20)23(24,25)26)28-21(30)16-5-3-2-4-6-16/h2-13H,14H2,1H3,(H,28,30)(H2,27,29,31). The molecule has 0 saturated heterocycles. The van der Waals surface area contributed by atoms with Crippen LogP contribution in [-0.4, -0.2) is 19.0 Å². The highest BCUT2D eigenvalue weighted by molar-refractivity contribution is 6.04. The fourth-order valence-corrected chi connectivity index (χ4v) is 2.85. The molecular weight excluding hydrogens is 423 g/mol. The lowest BCUT2D eigenvalue weighted by Crippen LogP contribution is -2.29. The lowest BCUT2D eigenvalue weighted by molar-refractivity contribution is -0.136. The van der Waals surface area contributed by atoms with Gasteiger partial charge in [0.15, 0.2) is 0 Å². The monoisotopic (exact) mass is 443 g/mol. The largest absolute Gasteiger partial charge is 0.497 e. The Morgan fingerprint density at radius 3 is 2.22 bits per heavy atom. The van der Waals surface area contributed by atoms with E-state index in [2.05, 4.69) is 16.0 Å². The molecule has 0 aliphatic rings. The van der Waals surface area contributed by atoms with E-state index in [9.17, 15) is 22.8 Å². The zero-order chi connectivity index (χ0) is 23.1. The van der Waals surface area contributed by atoms with Crippen molar-refractivity contribution >= 4 is 23.3 Å². The fraction of sp³-hybridized carbons (Fsp3) is 0.130. The number of urea groups is 1. The molecule has 0 saturated carbocycles. The quantitative estimate of drug-likeness (QED) is 0.485. The van der Waals surface area contributed by atoms with Crippen LogP contribution in [0, 0.1) is 0 Å². The Balaban J connectivity index is 1.69. The van der Waals surface area contributed by atoms with Gasteiger partial charge in [-0.05, 0) is 48.0 Å². The Morgan fingerprint density at radius 2 is 1.59 bits per heavy atom. The lowest BCUT2D eigenvalue weighted by atomic mass is 10.1. The number of benzene rings is 3. The maximum absolute atomic E-state index is 13.6. The Morgan fingerprint density at radius 1 is 0.906 bits per heavy atom. The highest BCUT2D eigenvalue weighted by Gasteiger charge is 2.34. The second-order valence-corrected chi connectivity index (χ2v) is 6.73. The van der Waals surface area contributed by atoms with E-state index in [1.165, 1.54) is 13.2 Å². The van der Waals surface area contributed by atoms with Crippen molar-refractivity contribution in [3.63, 3.8) is 0 Å². The van der Waals surface area contributed by atoms with E-state index >= 15 is 0 Å². The molecule has 0 aromatic heterocycles. The number of anilines is 2. The number of carbonyl (C=O) groups is 2. The predicted octanol–water partition coefficient (Wildman–Crippen LogP) is 5.29. The van der Waals surface area contributed by atoms with Gasteiger partial charge in [0.2, 0.25) is 0 Å². The summed E-state index contributed by atoms with van der Waals surface area (Å²) in [5.74, 6) is 0.101. The first-order chi connectivity index (χ1) is 15.3. The van der Waals surface area contributed by atoms with Crippen LogP contribution >= 0.6 is 0 Å². The fourth-order valence-electron chi connectivity index (χ4n) is 2.85. The van der Waals surface area contributed by atoms with Crippen molar-refractivity contribution in [2.24, 2.45) is 0 Å². The molecule has 0 unspecified atom stereocenters. The van der Waals surface area contributed by atoms with Crippen LogP contribution in [-0.2, 0) is 12.7 Å². The number of ether oxygens (including phenoxy) is 1. The minimum Gasteiger partial charge on any atom is -0.497 e. The third-order valence-corrected chi connectivity index (χ3v) is 4.48. The summed E-state index contributed by atoms with van der Waals surface area (Å²) in [5.41, 5.74) is -0.502. The first-order valence-electron chi connectivity index (χ1n) is 9.51. The lowest BCUT2D eigenvalue weighted by Gasteiger charge is -2.16. The summed E-state index contributed by atoms with van der Waals surface area (Å²) in [6, 6.07) is 17.3. The molecule has 0 fully saturated rings. The molecule has 3 N–H and O–H groups in total. The third kappa shape index (κ3) is 6.00. The van der Waals surface area contributed by atoms with Crippen molar-refractivity contribution < 1.29 is 27.5 Å². The van der Waals surface area contributed by atoms with E-state index in [4.69, 9.17) is 4.74 Å². The van der Waals surface area contributed by atoms with Crippen LogP contribution in [0.15, 0.2) is 72.8 Å². The second kappa shape index (κ2) is 9.86. The molecule has 0 aliphatic heterocycles. The third-order valence-electron chi connectivity index (χ3n) is 4.48. The first-order valence-corrected chi connectivity index (χ1v) is 9.51. The van der Waals surface area contributed by atoms with Crippen LogP contribution in [0.1, 0.15) is 21.5 Å². The SMILES string of the molecule is COc1ccc(CNC(=O)Nc2ccc(NC(=O)c3ccccc3)cc2C(F)(F)F)cc1. The number of hydrogen-bond acceptors (Lipinski definition) is 3. The molecule has 0 atom stereocenters. The summed E-state index contributed by atoms with van der Waals surface area (Å²) >= 11 is 0. The number of hydrogen-bond donors (Lipinski definition) is 3. The second-order valence-electron chi connectivity index (χ2n) is 6.73. The number of alkyl halides is 3. The Bertz CT molecular complexity index is 1090. The Labute approximate surface area is 182 Å². The maximum atomic E-state index is 13.6. The first kappa shape index (κ1) is 22.7. The van der Waals surface area contributed by atoms with Gasteiger partial charge in [0.05, 0.1) is 18.4 Å². The molecule has 3 rings (SSSR count). The summed E-state index contributed by atoms with van der Waals surface area (Å²) in [4.78, 5) is 24.4. The van der Waals surface area contributed by atoms with Gasteiger partial charge in [-0.25, -0.2) is 4.79 Å². The molecule has 0 spiro atoms. The van der Waals surface area contributed by atoms with Crippen LogP contribution in [0.4, 0.5) is 29.3 Å². The molecule has 6 nitrogen and oxygen atoms in total. The molecule has 3 amide bonds. The zero-order valence-corrected chi connectivity index (χ0v) is 17.0. The molecule has 0 bridgehead atoms. The molecule has 9 heteroatoms. The van der Waals surface area contributed by atoms with Gasteiger partial charge >= 0.3 is 12.2 Å². The average molecular weight is 443 g/mol. The van der Waals surface area contributed by atoms with Crippen molar-refractivity contribution in [3.8, 4) is 5.75 Å². The van der Waals surface area contributed by atoms with Crippen LogP contribution in [0.25, 0.3) is 0 Å². The van der Waals surface area contributed by atoms with E-state index < -0.39 is 29.4 Å². The van der Waals surface area contributed by atoms with Gasteiger partial charge in [-0.2, -0.15) is 13.2 Å². The van der Waals surface area contributed by atoms with E-state index in [1.54, 1.807) is 54.6 Å². The van der Waals surface area contributed by atoms with Crippen molar-refractivity contribution in [1.82, 2.24) is 5.32 Å². The molecule has 0 heterocycles. The Kier molecular flexibility index (Phi) is 6.99. The molecule has 3 aromatic carbocycles. The van der Waals surface area contributed by atoms with Crippen LogP contribution in [0.5, 0.6) is 5.75 Å². The van der Waals surface area contributed by atoms with E-state index in [1.807, 2.05) is 0 Å². The highest BCUT2D eigenvalue weighted by atomic mass is 19.4. The maximum Gasteiger partial charge on any atom is 0.418 e. The van der Waals surface area contributed by atoms with Crippen LogP contribution in [0.3, 0.4) is 0 Å². The highest BCUT2D eigenvalue weighted by Crippen LogP contribution is 2.36. The smallest absolute Gasteiger partial charge is 0.418 e. The predicted molar refractivity (Wildman–Crippen MR) is 115 cm³/mol. The number of rotatable bonds is 6. The average Bonchev–Trinajstić information content (AvgIpc) is 2.79. The molecule has 0 radical (unpaired) electrons. The summed E-state index contributed by atoms with van der Waals surface area (Å²) in [5, 5.41) is 7.15. The summed E-state index contributed by atoms with van der Waals surface area (Å²) in [6.07, 6.45) is -4.74. The summed E-state index contributed by atoms with van der Waals surface area (Å²) in [6.45, 7) is 0.113. The molecular formula is C23H20F3N3O3. The summed E-state index contributed by atoms with van der Waals surface area (Å²) in [7, 11) is 1.53. The zero-order valence-electron chi connectivity index (χ0n) is 17.0. The van der Waals surface area contributed by atoms with E-state index in [0.29, 0.717) is 11.3 Å². The number of halogens is 3. The molecule has 0 aliphatic carbocycles. The van der Waals surface area contributed by atoms with Crippen molar-refractivity contribution in [3.05, 3.63) is 89.5 Å². The number of amides is 3. The van der Waals surface area contributed by atoms with Crippen molar-refractivity contribution in [2.75, 3.05) is 17.7 Å². The van der Waals surface area contributed by atoms with Crippen LogP contribution < -0.4 is 20.7 Å². The molecule has 166 valence electrons. The number of methoxy groups -OCH3 is 1. The topological polar surface area (TPSA) is 79.5 Å². The number of carbonyl (C=O) groups excluding carboxylic acids is 2. The van der Waals surface area contributed by atoms with Gasteiger partial charge in [0.1, 0.15) is 5.75 Å². The Hall–Kier alpha value is -4.01. The van der Waals surface area contributed by atoms with Crippen LogP contribution in [0.2, 0.25) is 0 Å². The van der Waals surface area contributed by atoms with E-state index in [-0.39, 0.29) is 12.2 Å². The van der Waals surface area contributed by atoms with E-state index in [0.717, 1.165) is 17.7 Å². The van der Waals surface area contributed by atoms with Crippen molar-refractivity contribution in [1.29, 1.82) is 0 Å². The minimum atomic E-state index is -4.74. The van der Waals surface area contributed by atoms with Gasteiger partial charge in [-0.3, -0.25) is 4.79 Å².